The molecule has 1 amide bonds. The van der Waals surface area contributed by atoms with Gasteiger partial charge in [-0.15, -0.1) is 0 Å². The fourth-order valence-electron chi connectivity index (χ4n) is 2.51. The minimum absolute atomic E-state index is 0.109. The zero-order chi connectivity index (χ0) is 18.0. The highest BCUT2D eigenvalue weighted by Crippen LogP contribution is 2.30. The molecule has 6 heteroatoms. The number of halogens is 2. The third-order valence-electron chi connectivity index (χ3n) is 3.77. The number of anilines is 1. The van der Waals surface area contributed by atoms with Crippen molar-refractivity contribution in [1.82, 2.24) is 4.57 Å². The molecule has 3 rings (SSSR count). The molecule has 128 valence electrons. The molecule has 25 heavy (non-hydrogen) atoms. The van der Waals surface area contributed by atoms with Crippen LogP contribution in [0.2, 0.25) is 5.02 Å². The van der Waals surface area contributed by atoms with E-state index in [-0.39, 0.29) is 11.3 Å². The summed E-state index contributed by atoms with van der Waals surface area (Å²) in [5.74, 6) is -0.658. The normalized spacial score (nSPS) is 10.6. The molecule has 0 fully saturated rings. The number of nitrogens with one attached hydrogen (secondary N) is 1. The molecule has 1 N–H and O–H groups in total. The number of carbonyl (C=O) groups is 1. The number of aryl methyl sites for hydroxylation is 1. The standard InChI is InChI=1S/C19H16ClFN2O2/c1-12-5-6-15(21)16(9-12)22-19(24)13-10-14(20)17(11-18(13)25-2)23-7-3-4-8-23/h3-11H,1-2H3,(H,22,24). The summed E-state index contributed by atoms with van der Waals surface area (Å²) >= 11 is 6.32. The number of aromatic nitrogens is 1. The van der Waals surface area contributed by atoms with Crippen LogP contribution in [0, 0.1) is 12.7 Å². The van der Waals surface area contributed by atoms with Crippen LogP contribution in [-0.2, 0) is 0 Å². The highest BCUT2D eigenvalue weighted by Gasteiger charge is 2.18. The Labute approximate surface area is 149 Å². The third-order valence-corrected chi connectivity index (χ3v) is 4.07. The largest absolute Gasteiger partial charge is 0.496 e. The van der Waals surface area contributed by atoms with E-state index in [0.717, 1.165) is 5.56 Å². The summed E-state index contributed by atoms with van der Waals surface area (Å²) in [7, 11) is 1.46. The first-order valence-corrected chi connectivity index (χ1v) is 7.96. The molecule has 0 unspecified atom stereocenters. The monoisotopic (exact) mass is 358 g/mol. The van der Waals surface area contributed by atoms with Gasteiger partial charge in [-0.2, -0.15) is 0 Å². The number of carbonyl (C=O) groups excluding carboxylic acids is 1. The lowest BCUT2D eigenvalue weighted by Gasteiger charge is -2.14. The van der Waals surface area contributed by atoms with Gasteiger partial charge in [-0.3, -0.25) is 4.79 Å². The predicted octanol–water partition coefficient (Wildman–Crippen LogP) is 4.84. The van der Waals surface area contributed by atoms with E-state index < -0.39 is 11.7 Å². The van der Waals surface area contributed by atoms with E-state index in [0.29, 0.717) is 16.5 Å². The lowest BCUT2D eigenvalue weighted by Crippen LogP contribution is -2.15. The van der Waals surface area contributed by atoms with Gasteiger partial charge < -0.3 is 14.6 Å². The molecule has 2 aromatic carbocycles. The van der Waals surface area contributed by atoms with Crippen LogP contribution in [0.3, 0.4) is 0 Å². The van der Waals surface area contributed by atoms with Gasteiger partial charge in [0.1, 0.15) is 11.6 Å². The Morgan fingerprint density at radius 2 is 1.92 bits per heavy atom. The van der Waals surface area contributed by atoms with Crippen molar-refractivity contribution in [3.63, 3.8) is 0 Å². The lowest BCUT2D eigenvalue weighted by molar-refractivity contribution is 0.102. The number of benzene rings is 2. The van der Waals surface area contributed by atoms with E-state index in [9.17, 15) is 9.18 Å². The quantitative estimate of drug-likeness (QED) is 0.725. The van der Waals surface area contributed by atoms with Crippen LogP contribution in [-0.4, -0.2) is 17.6 Å². The second-order valence-electron chi connectivity index (χ2n) is 5.53. The summed E-state index contributed by atoms with van der Waals surface area (Å²) in [5, 5.41) is 2.95. The highest BCUT2D eigenvalue weighted by molar-refractivity contribution is 6.33. The SMILES string of the molecule is COc1cc(-n2cccc2)c(Cl)cc1C(=O)Nc1cc(C)ccc1F. The molecular formula is C19H16ClFN2O2. The van der Waals surface area contributed by atoms with Crippen molar-refractivity contribution in [2.75, 3.05) is 12.4 Å². The number of hydrogen-bond acceptors (Lipinski definition) is 2. The molecule has 0 atom stereocenters. The van der Waals surface area contributed by atoms with Gasteiger partial charge in [-0.25, -0.2) is 4.39 Å². The predicted molar refractivity (Wildman–Crippen MR) is 96.4 cm³/mol. The Balaban J connectivity index is 1.97. The Hall–Kier alpha value is -2.79. The average molecular weight is 359 g/mol. The van der Waals surface area contributed by atoms with Crippen LogP contribution in [0.1, 0.15) is 15.9 Å². The van der Waals surface area contributed by atoms with Gasteiger partial charge in [0.2, 0.25) is 0 Å². The number of methoxy groups -OCH3 is 1. The first-order chi connectivity index (χ1) is 12.0. The van der Waals surface area contributed by atoms with Gasteiger partial charge in [0.05, 0.1) is 29.1 Å². The summed E-state index contributed by atoms with van der Waals surface area (Å²) in [6.45, 7) is 1.82. The Morgan fingerprint density at radius 1 is 1.20 bits per heavy atom. The zero-order valence-corrected chi connectivity index (χ0v) is 14.5. The van der Waals surface area contributed by atoms with Crippen LogP contribution < -0.4 is 10.1 Å². The summed E-state index contributed by atoms with van der Waals surface area (Å²) in [6, 6.07) is 11.4. The first-order valence-electron chi connectivity index (χ1n) is 7.58. The van der Waals surface area contributed by atoms with Gasteiger partial charge in [-0.05, 0) is 42.8 Å². The topological polar surface area (TPSA) is 43.3 Å². The van der Waals surface area contributed by atoms with Crippen molar-refractivity contribution < 1.29 is 13.9 Å². The minimum Gasteiger partial charge on any atom is -0.496 e. The Kier molecular flexibility index (Phi) is 4.76. The third kappa shape index (κ3) is 3.51. The average Bonchev–Trinajstić information content (AvgIpc) is 3.12. The van der Waals surface area contributed by atoms with Gasteiger partial charge in [0, 0.05) is 18.5 Å². The second kappa shape index (κ2) is 6.99. The van der Waals surface area contributed by atoms with E-state index in [1.807, 2.05) is 36.0 Å². The van der Waals surface area contributed by atoms with E-state index in [1.54, 1.807) is 18.2 Å². The summed E-state index contributed by atoms with van der Waals surface area (Å²) in [6.07, 6.45) is 3.67. The number of rotatable bonds is 4. The van der Waals surface area contributed by atoms with Gasteiger partial charge >= 0.3 is 0 Å². The molecule has 1 heterocycles. The number of ether oxygens (including phenoxy) is 1. The lowest BCUT2D eigenvalue weighted by atomic mass is 10.1. The molecule has 4 nitrogen and oxygen atoms in total. The fourth-order valence-corrected chi connectivity index (χ4v) is 2.77. The number of hydrogen-bond donors (Lipinski definition) is 1. The van der Waals surface area contributed by atoms with Gasteiger partial charge in [-0.1, -0.05) is 17.7 Å². The van der Waals surface area contributed by atoms with E-state index >= 15 is 0 Å². The fraction of sp³-hybridized carbons (Fsp3) is 0.105. The Bertz CT molecular complexity index is 923. The maximum atomic E-state index is 13.9. The van der Waals surface area contributed by atoms with Crippen LogP contribution in [0.4, 0.5) is 10.1 Å². The van der Waals surface area contributed by atoms with E-state index in [2.05, 4.69) is 5.32 Å². The highest BCUT2D eigenvalue weighted by atomic mass is 35.5. The smallest absolute Gasteiger partial charge is 0.259 e. The Morgan fingerprint density at radius 3 is 2.60 bits per heavy atom. The van der Waals surface area contributed by atoms with Crippen molar-refractivity contribution in [2.24, 2.45) is 0 Å². The first kappa shape index (κ1) is 17.0. The number of nitrogens with zero attached hydrogens (tertiary/aromatic N) is 1. The van der Waals surface area contributed by atoms with Crippen molar-refractivity contribution in [3.8, 4) is 11.4 Å². The molecule has 0 bridgehead atoms. The summed E-state index contributed by atoms with van der Waals surface area (Å²) < 4.78 is 21.0. The molecular weight excluding hydrogens is 343 g/mol. The van der Waals surface area contributed by atoms with Crippen LogP contribution >= 0.6 is 11.6 Å². The molecule has 0 saturated heterocycles. The minimum atomic E-state index is -0.507. The van der Waals surface area contributed by atoms with Gasteiger partial charge in [0.25, 0.3) is 5.91 Å². The maximum Gasteiger partial charge on any atom is 0.259 e. The molecule has 3 aromatic rings. The van der Waals surface area contributed by atoms with Gasteiger partial charge in [0.15, 0.2) is 0 Å². The summed E-state index contributed by atoms with van der Waals surface area (Å²) in [4.78, 5) is 12.6. The molecule has 1 aromatic heterocycles. The van der Waals surface area contributed by atoms with E-state index in [1.165, 1.54) is 19.2 Å². The molecule has 0 aliphatic rings. The maximum absolute atomic E-state index is 13.9. The van der Waals surface area contributed by atoms with E-state index in [4.69, 9.17) is 16.3 Å². The zero-order valence-electron chi connectivity index (χ0n) is 13.7. The molecule has 0 aliphatic carbocycles. The molecule has 0 radical (unpaired) electrons. The molecule has 0 spiro atoms. The van der Waals surface area contributed by atoms with Crippen molar-refractivity contribution in [3.05, 3.63) is 76.8 Å². The van der Waals surface area contributed by atoms with Crippen molar-refractivity contribution in [2.45, 2.75) is 6.92 Å². The second-order valence-corrected chi connectivity index (χ2v) is 5.94. The van der Waals surface area contributed by atoms with Crippen LogP contribution in [0.15, 0.2) is 54.9 Å². The van der Waals surface area contributed by atoms with Crippen molar-refractivity contribution in [1.29, 1.82) is 0 Å². The number of amides is 1. The van der Waals surface area contributed by atoms with Crippen LogP contribution in [0.25, 0.3) is 5.69 Å². The van der Waals surface area contributed by atoms with Crippen LogP contribution in [0.5, 0.6) is 5.75 Å². The summed E-state index contributed by atoms with van der Waals surface area (Å²) in [5.41, 5.74) is 1.86. The molecule has 0 saturated carbocycles. The van der Waals surface area contributed by atoms with Crippen molar-refractivity contribution >= 4 is 23.2 Å². The molecule has 0 aliphatic heterocycles.